The maximum Gasteiger partial charge on any atom is 0.337 e. The lowest BCUT2D eigenvalue weighted by Gasteiger charge is -2.36. The molecule has 0 radical (unpaired) electrons. The number of amides is 1. The minimum Gasteiger partial charge on any atom is -0.478 e. The first-order chi connectivity index (χ1) is 17.9. The lowest BCUT2D eigenvalue weighted by Crippen LogP contribution is -2.49. The Hall–Kier alpha value is -3.42. The van der Waals surface area contributed by atoms with E-state index >= 15 is 0 Å². The van der Waals surface area contributed by atoms with Gasteiger partial charge >= 0.3 is 5.97 Å². The van der Waals surface area contributed by atoms with E-state index in [1.165, 1.54) is 6.07 Å². The van der Waals surface area contributed by atoms with Gasteiger partial charge in [-0.3, -0.25) is 4.79 Å². The van der Waals surface area contributed by atoms with Crippen LogP contribution in [0.15, 0.2) is 60.7 Å². The molecule has 0 unspecified atom stereocenters. The van der Waals surface area contributed by atoms with Crippen LogP contribution in [0, 0.1) is 11.8 Å². The highest BCUT2D eigenvalue weighted by atomic mass is 16.5. The number of ether oxygens (including phenoxy) is 3. The molecule has 1 saturated carbocycles. The van der Waals surface area contributed by atoms with Crippen LogP contribution in [0.1, 0.15) is 43.0 Å². The molecule has 37 heavy (non-hydrogen) atoms. The Balaban J connectivity index is 1.73. The Bertz CT molecular complexity index is 1220. The molecule has 1 fully saturated rings. The van der Waals surface area contributed by atoms with Crippen molar-refractivity contribution in [3.8, 4) is 11.5 Å². The van der Waals surface area contributed by atoms with Gasteiger partial charge in [0.15, 0.2) is 0 Å². The number of methoxy groups -OCH3 is 2. The number of hydrogen-bond donors (Lipinski definition) is 1. The average Bonchev–Trinajstić information content (AvgIpc) is 2.90. The van der Waals surface area contributed by atoms with Crippen LogP contribution in [0.25, 0.3) is 10.8 Å². The Kier molecular flexibility index (Phi) is 8.79. The molecule has 7 heteroatoms. The summed E-state index contributed by atoms with van der Waals surface area (Å²) in [6, 6.07) is 18.0. The van der Waals surface area contributed by atoms with Crippen molar-refractivity contribution in [2.45, 2.75) is 38.6 Å². The summed E-state index contributed by atoms with van der Waals surface area (Å²) < 4.78 is 17.0. The third-order valence-corrected chi connectivity index (χ3v) is 7.12. The molecule has 0 aromatic heterocycles. The van der Waals surface area contributed by atoms with Crippen molar-refractivity contribution in [2.24, 2.45) is 11.8 Å². The minimum atomic E-state index is -1.14. The summed E-state index contributed by atoms with van der Waals surface area (Å²) in [5.74, 6) is 0.208. The van der Waals surface area contributed by atoms with E-state index < -0.39 is 12.0 Å². The van der Waals surface area contributed by atoms with Gasteiger partial charge in [-0.1, -0.05) is 43.3 Å². The van der Waals surface area contributed by atoms with Crippen molar-refractivity contribution in [1.82, 2.24) is 0 Å². The molecule has 0 heterocycles. The summed E-state index contributed by atoms with van der Waals surface area (Å²) >= 11 is 0. The number of carboxylic acids is 1. The fraction of sp³-hybridized carbons (Fsp3) is 0.400. The molecule has 0 spiro atoms. The number of anilines is 1. The average molecular weight is 506 g/mol. The van der Waals surface area contributed by atoms with Crippen LogP contribution in [0.4, 0.5) is 5.69 Å². The summed E-state index contributed by atoms with van der Waals surface area (Å²) in [4.78, 5) is 27.9. The van der Waals surface area contributed by atoms with Crippen molar-refractivity contribution in [2.75, 3.05) is 32.3 Å². The Morgan fingerprint density at radius 2 is 1.62 bits per heavy atom. The van der Waals surface area contributed by atoms with E-state index in [1.807, 2.05) is 42.5 Å². The lowest BCUT2D eigenvalue weighted by molar-refractivity contribution is -0.124. The zero-order chi connectivity index (χ0) is 26.4. The molecule has 3 aromatic carbocycles. The number of carbonyl (C=O) groups is 2. The second kappa shape index (κ2) is 12.2. The zero-order valence-electron chi connectivity index (χ0n) is 21.7. The summed E-state index contributed by atoms with van der Waals surface area (Å²) in [5, 5.41) is 12.1. The quantitative estimate of drug-likeness (QED) is 0.356. The first-order valence-corrected chi connectivity index (χ1v) is 12.8. The van der Waals surface area contributed by atoms with Gasteiger partial charge in [-0.2, -0.15) is 0 Å². The molecular formula is C30H35NO6. The molecule has 1 aliphatic carbocycles. The van der Waals surface area contributed by atoms with Crippen LogP contribution in [-0.2, 0) is 14.3 Å². The van der Waals surface area contributed by atoms with Crippen molar-refractivity contribution in [1.29, 1.82) is 0 Å². The molecule has 7 nitrogen and oxygen atoms in total. The standard InChI is InChI=1S/C30H35NO6/c1-20-11-13-22(14-12-20)29(32)31(23(18-35-2)19-36-3)27-16-15-24(17-26(27)30(33)34)37-28-10-6-8-21-7-4-5-9-25(21)28/h4-10,15-17,20,22-23H,11-14,18-19H2,1-3H3,(H,33,34)/t20-,22-. The summed E-state index contributed by atoms with van der Waals surface area (Å²) in [6.07, 6.45) is 3.53. The highest BCUT2D eigenvalue weighted by molar-refractivity contribution is 6.03. The summed E-state index contributed by atoms with van der Waals surface area (Å²) in [6.45, 7) is 2.64. The topological polar surface area (TPSA) is 85.3 Å². The maximum atomic E-state index is 13.9. The van der Waals surface area contributed by atoms with E-state index in [-0.39, 0.29) is 30.6 Å². The number of hydrogen-bond acceptors (Lipinski definition) is 5. The highest BCUT2D eigenvalue weighted by Crippen LogP contribution is 2.36. The van der Waals surface area contributed by atoms with Gasteiger partial charge in [0.25, 0.3) is 0 Å². The number of carbonyl (C=O) groups excluding carboxylic acids is 1. The molecular weight excluding hydrogens is 470 g/mol. The molecule has 0 aliphatic heterocycles. The van der Waals surface area contributed by atoms with Crippen LogP contribution in [-0.4, -0.2) is 50.5 Å². The molecule has 0 bridgehead atoms. The molecule has 1 amide bonds. The Morgan fingerprint density at radius 3 is 2.30 bits per heavy atom. The molecule has 0 saturated heterocycles. The number of carboxylic acid groups (broad SMARTS) is 1. The predicted octanol–water partition coefficient (Wildman–Crippen LogP) is 6.15. The summed E-state index contributed by atoms with van der Waals surface area (Å²) in [5.41, 5.74) is 0.313. The van der Waals surface area contributed by atoms with E-state index in [2.05, 4.69) is 6.92 Å². The molecule has 3 aromatic rings. The van der Waals surface area contributed by atoms with E-state index in [1.54, 1.807) is 31.3 Å². The van der Waals surface area contributed by atoms with Crippen molar-refractivity contribution in [3.63, 3.8) is 0 Å². The van der Waals surface area contributed by atoms with Gasteiger partial charge in [-0.15, -0.1) is 0 Å². The van der Waals surface area contributed by atoms with Crippen LogP contribution < -0.4 is 9.64 Å². The van der Waals surface area contributed by atoms with Crippen LogP contribution in [0.5, 0.6) is 11.5 Å². The van der Waals surface area contributed by atoms with Crippen LogP contribution >= 0.6 is 0 Å². The van der Waals surface area contributed by atoms with E-state index in [4.69, 9.17) is 14.2 Å². The number of aromatic carboxylic acids is 1. The molecule has 4 rings (SSSR count). The minimum absolute atomic E-state index is 0.00697. The number of nitrogens with zero attached hydrogens (tertiary/aromatic N) is 1. The van der Waals surface area contributed by atoms with Gasteiger partial charge < -0.3 is 24.2 Å². The number of benzene rings is 3. The van der Waals surface area contributed by atoms with Crippen molar-refractivity contribution < 1.29 is 28.9 Å². The fourth-order valence-corrected chi connectivity index (χ4v) is 5.15. The number of rotatable bonds is 10. The smallest absolute Gasteiger partial charge is 0.337 e. The maximum absolute atomic E-state index is 13.9. The van der Waals surface area contributed by atoms with Gasteiger partial charge in [0, 0.05) is 25.5 Å². The fourth-order valence-electron chi connectivity index (χ4n) is 5.15. The molecule has 196 valence electrons. The normalized spacial score (nSPS) is 17.6. The van der Waals surface area contributed by atoms with Gasteiger partial charge in [-0.05, 0) is 61.3 Å². The van der Waals surface area contributed by atoms with E-state index in [0.717, 1.165) is 36.5 Å². The highest BCUT2D eigenvalue weighted by Gasteiger charge is 2.35. The lowest BCUT2D eigenvalue weighted by atomic mass is 9.82. The third kappa shape index (κ3) is 6.12. The van der Waals surface area contributed by atoms with Gasteiger partial charge in [0.05, 0.1) is 30.5 Å². The third-order valence-electron chi connectivity index (χ3n) is 7.12. The second-order valence-electron chi connectivity index (χ2n) is 9.79. The SMILES string of the molecule is COCC(COC)N(c1ccc(Oc2cccc3ccccc23)cc1C(=O)O)C(=O)[C@H]1CC[C@H](C)CC1. The van der Waals surface area contributed by atoms with Crippen molar-refractivity contribution >= 4 is 28.3 Å². The Morgan fingerprint density at radius 1 is 0.946 bits per heavy atom. The van der Waals surface area contributed by atoms with Crippen LogP contribution in [0.2, 0.25) is 0 Å². The van der Waals surface area contributed by atoms with E-state index in [9.17, 15) is 14.7 Å². The van der Waals surface area contributed by atoms with Crippen molar-refractivity contribution in [3.05, 3.63) is 66.2 Å². The first-order valence-electron chi connectivity index (χ1n) is 12.8. The Labute approximate surface area is 217 Å². The van der Waals surface area contributed by atoms with Crippen LogP contribution in [0.3, 0.4) is 0 Å². The number of fused-ring (bicyclic) bond motifs is 1. The second-order valence-corrected chi connectivity index (χ2v) is 9.79. The predicted molar refractivity (Wildman–Crippen MR) is 144 cm³/mol. The first kappa shape index (κ1) is 26.6. The van der Waals surface area contributed by atoms with Gasteiger partial charge in [-0.25, -0.2) is 4.79 Å². The zero-order valence-corrected chi connectivity index (χ0v) is 21.7. The van der Waals surface area contributed by atoms with E-state index in [0.29, 0.717) is 23.1 Å². The summed E-state index contributed by atoms with van der Waals surface area (Å²) in [7, 11) is 3.12. The molecule has 1 N–H and O–H groups in total. The molecule has 1 aliphatic rings. The van der Waals surface area contributed by atoms with Gasteiger partial charge in [0.2, 0.25) is 5.91 Å². The van der Waals surface area contributed by atoms with Gasteiger partial charge in [0.1, 0.15) is 11.5 Å². The largest absolute Gasteiger partial charge is 0.478 e. The molecule has 0 atom stereocenters. The monoisotopic (exact) mass is 505 g/mol.